The summed E-state index contributed by atoms with van der Waals surface area (Å²) < 4.78 is 0. The van der Waals surface area contributed by atoms with E-state index in [9.17, 15) is 4.79 Å². The molecule has 0 aliphatic carbocycles. The fraction of sp³-hybridized carbons (Fsp3) is 0.500. The Morgan fingerprint density at radius 2 is 2.32 bits per heavy atom. The van der Waals surface area contributed by atoms with Crippen LogP contribution in [0.4, 0.5) is 5.69 Å². The second-order valence-corrected chi connectivity index (χ2v) is 5.36. The first-order valence-corrected chi connectivity index (χ1v) is 6.99. The largest absolute Gasteiger partial charge is 0.398 e. The van der Waals surface area contributed by atoms with Gasteiger partial charge in [0.15, 0.2) is 0 Å². The molecule has 1 aliphatic heterocycles. The summed E-state index contributed by atoms with van der Waals surface area (Å²) in [6, 6.07) is 5.63. The highest BCUT2D eigenvalue weighted by molar-refractivity contribution is 6.33. The molecule has 0 saturated carbocycles. The molecule has 0 aromatic heterocycles. The van der Waals surface area contributed by atoms with Crippen LogP contribution in [0.15, 0.2) is 18.2 Å². The minimum Gasteiger partial charge on any atom is -0.398 e. The molecule has 19 heavy (non-hydrogen) atoms. The van der Waals surface area contributed by atoms with E-state index in [1.807, 2.05) is 18.2 Å². The molecule has 0 radical (unpaired) electrons. The Morgan fingerprint density at radius 3 is 3.00 bits per heavy atom. The number of likely N-dealkylation sites (tertiary alicyclic amines) is 1. The van der Waals surface area contributed by atoms with Gasteiger partial charge in [-0.15, -0.1) is 0 Å². The maximum Gasteiger partial charge on any atom is 0.237 e. The number of carbonyl (C=O) groups excluding carboxylic acids is 1. The molecule has 1 atom stereocenters. The average Bonchev–Trinajstić information content (AvgIpc) is 2.43. The van der Waals surface area contributed by atoms with Gasteiger partial charge in [-0.2, -0.15) is 0 Å². The molecule has 5 heteroatoms. The summed E-state index contributed by atoms with van der Waals surface area (Å²) in [5.41, 5.74) is 7.50. The van der Waals surface area contributed by atoms with Gasteiger partial charge in [0.05, 0.1) is 16.8 Å². The van der Waals surface area contributed by atoms with E-state index in [0.29, 0.717) is 10.7 Å². The first-order valence-electron chi connectivity index (χ1n) is 6.61. The quantitative estimate of drug-likeness (QED) is 0.834. The van der Waals surface area contributed by atoms with Crippen molar-refractivity contribution in [3.05, 3.63) is 28.8 Å². The van der Waals surface area contributed by atoms with E-state index in [4.69, 9.17) is 17.3 Å². The van der Waals surface area contributed by atoms with Gasteiger partial charge in [0.1, 0.15) is 0 Å². The normalized spacial score (nSPS) is 20.2. The van der Waals surface area contributed by atoms with E-state index in [0.717, 1.165) is 37.9 Å². The molecule has 1 aromatic carbocycles. The SMILES string of the molecule is CNC(=O)C1CCCCN1Cc1ccc(Cl)c(N)c1. The van der Waals surface area contributed by atoms with Gasteiger partial charge in [-0.05, 0) is 37.1 Å². The van der Waals surface area contributed by atoms with Gasteiger partial charge in [0.25, 0.3) is 0 Å². The van der Waals surface area contributed by atoms with Crippen LogP contribution >= 0.6 is 11.6 Å². The van der Waals surface area contributed by atoms with E-state index in [-0.39, 0.29) is 11.9 Å². The van der Waals surface area contributed by atoms with Crippen LogP contribution in [0.3, 0.4) is 0 Å². The molecule has 1 unspecified atom stereocenters. The lowest BCUT2D eigenvalue weighted by molar-refractivity contribution is -0.127. The number of hydrogen-bond acceptors (Lipinski definition) is 3. The minimum absolute atomic E-state index is 0.0318. The van der Waals surface area contributed by atoms with Crippen LogP contribution in [-0.2, 0) is 11.3 Å². The number of anilines is 1. The molecule has 4 nitrogen and oxygen atoms in total. The Hall–Kier alpha value is -1.26. The minimum atomic E-state index is -0.0318. The van der Waals surface area contributed by atoms with Gasteiger partial charge in [0, 0.05) is 13.6 Å². The number of amides is 1. The van der Waals surface area contributed by atoms with E-state index >= 15 is 0 Å². The van der Waals surface area contributed by atoms with Gasteiger partial charge in [0.2, 0.25) is 5.91 Å². The summed E-state index contributed by atoms with van der Waals surface area (Å²) in [5.74, 6) is 0.0987. The van der Waals surface area contributed by atoms with Crippen molar-refractivity contribution in [3.63, 3.8) is 0 Å². The van der Waals surface area contributed by atoms with Crippen molar-refractivity contribution >= 4 is 23.2 Å². The maximum absolute atomic E-state index is 11.9. The molecule has 104 valence electrons. The van der Waals surface area contributed by atoms with E-state index in [2.05, 4.69) is 10.2 Å². The van der Waals surface area contributed by atoms with Crippen molar-refractivity contribution in [2.75, 3.05) is 19.3 Å². The van der Waals surface area contributed by atoms with Crippen LogP contribution in [0, 0.1) is 0 Å². The molecule has 1 saturated heterocycles. The van der Waals surface area contributed by atoms with E-state index in [1.165, 1.54) is 0 Å². The van der Waals surface area contributed by atoms with Crippen molar-refractivity contribution in [2.45, 2.75) is 31.8 Å². The number of carbonyl (C=O) groups is 1. The van der Waals surface area contributed by atoms with Crippen molar-refractivity contribution < 1.29 is 4.79 Å². The van der Waals surface area contributed by atoms with Crippen LogP contribution in [0.2, 0.25) is 5.02 Å². The lowest BCUT2D eigenvalue weighted by atomic mass is 10.0. The Balaban J connectivity index is 2.10. The third-order valence-corrected chi connectivity index (χ3v) is 3.95. The smallest absolute Gasteiger partial charge is 0.237 e. The Bertz CT molecular complexity index is 464. The topological polar surface area (TPSA) is 58.4 Å². The van der Waals surface area contributed by atoms with Crippen molar-refractivity contribution in [3.8, 4) is 0 Å². The van der Waals surface area contributed by atoms with E-state index < -0.39 is 0 Å². The number of rotatable bonds is 3. The van der Waals surface area contributed by atoms with Crippen molar-refractivity contribution in [1.29, 1.82) is 0 Å². The molecule has 1 heterocycles. The van der Waals surface area contributed by atoms with Crippen LogP contribution in [0.25, 0.3) is 0 Å². The van der Waals surface area contributed by atoms with Crippen molar-refractivity contribution in [1.82, 2.24) is 10.2 Å². The van der Waals surface area contributed by atoms with Gasteiger partial charge >= 0.3 is 0 Å². The zero-order chi connectivity index (χ0) is 13.8. The Morgan fingerprint density at radius 1 is 1.53 bits per heavy atom. The third kappa shape index (κ3) is 3.39. The van der Waals surface area contributed by atoms with Crippen LogP contribution < -0.4 is 11.1 Å². The molecule has 0 spiro atoms. The molecule has 0 bridgehead atoms. The zero-order valence-corrected chi connectivity index (χ0v) is 11.9. The number of nitrogens with two attached hydrogens (primary N) is 1. The predicted molar refractivity (Wildman–Crippen MR) is 78.0 cm³/mol. The van der Waals surface area contributed by atoms with Crippen LogP contribution in [0.1, 0.15) is 24.8 Å². The predicted octanol–water partition coefficient (Wildman–Crippen LogP) is 2.02. The van der Waals surface area contributed by atoms with Gasteiger partial charge in [-0.3, -0.25) is 9.69 Å². The maximum atomic E-state index is 11.9. The lowest BCUT2D eigenvalue weighted by Gasteiger charge is -2.34. The highest BCUT2D eigenvalue weighted by Gasteiger charge is 2.27. The summed E-state index contributed by atoms with van der Waals surface area (Å²) in [5, 5.41) is 3.32. The number of nitrogen functional groups attached to an aromatic ring is 1. The Labute approximate surface area is 118 Å². The molecule has 1 aliphatic rings. The number of hydrogen-bond donors (Lipinski definition) is 2. The lowest BCUT2D eigenvalue weighted by Crippen LogP contribution is -2.48. The second kappa shape index (κ2) is 6.26. The van der Waals surface area contributed by atoms with Gasteiger partial charge in [-0.25, -0.2) is 0 Å². The van der Waals surface area contributed by atoms with Gasteiger partial charge < -0.3 is 11.1 Å². The van der Waals surface area contributed by atoms with Crippen LogP contribution in [0.5, 0.6) is 0 Å². The van der Waals surface area contributed by atoms with E-state index in [1.54, 1.807) is 7.05 Å². The number of likely N-dealkylation sites (N-methyl/N-ethyl adjacent to an activating group) is 1. The summed E-state index contributed by atoms with van der Waals surface area (Å²) in [7, 11) is 1.69. The molecule has 1 aromatic rings. The summed E-state index contributed by atoms with van der Waals surface area (Å²) in [6.45, 7) is 1.68. The van der Waals surface area contributed by atoms with Crippen molar-refractivity contribution in [2.24, 2.45) is 0 Å². The number of benzene rings is 1. The monoisotopic (exact) mass is 281 g/mol. The average molecular weight is 282 g/mol. The van der Waals surface area contributed by atoms with Crippen LogP contribution in [-0.4, -0.2) is 30.4 Å². The standard InChI is InChI=1S/C14H20ClN3O/c1-17-14(19)13-4-2-3-7-18(13)9-10-5-6-11(15)12(16)8-10/h5-6,8,13H,2-4,7,9,16H2,1H3,(H,17,19). The highest BCUT2D eigenvalue weighted by atomic mass is 35.5. The summed E-state index contributed by atoms with van der Waals surface area (Å²) in [4.78, 5) is 14.1. The molecule has 1 amide bonds. The first-order chi connectivity index (χ1) is 9.11. The Kier molecular flexibility index (Phi) is 4.66. The summed E-state index contributed by atoms with van der Waals surface area (Å²) >= 11 is 5.92. The van der Waals surface area contributed by atoms with Gasteiger partial charge in [-0.1, -0.05) is 24.1 Å². The molecule has 1 fully saturated rings. The summed E-state index contributed by atoms with van der Waals surface area (Å²) in [6.07, 6.45) is 3.16. The zero-order valence-electron chi connectivity index (χ0n) is 11.2. The first kappa shape index (κ1) is 14.2. The number of halogens is 1. The molecular formula is C14H20ClN3O. The number of nitrogens with zero attached hydrogens (tertiary/aromatic N) is 1. The molecule has 3 N–H and O–H groups in total. The molecular weight excluding hydrogens is 262 g/mol. The second-order valence-electron chi connectivity index (χ2n) is 4.95. The fourth-order valence-electron chi connectivity index (χ4n) is 2.57. The number of piperidine rings is 1. The fourth-order valence-corrected chi connectivity index (χ4v) is 2.69. The number of nitrogens with one attached hydrogen (secondary N) is 1. The highest BCUT2D eigenvalue weighted by Crippen LogP contribution is 2.23. The molecule has 2 rings (SSSR count). The third-order valence-electron chi connectivity index (χ3n) is 3.61.